The highest BCUT2D eigenvalue weighted by molar-refractivity contribution is 5.94. The fraction of sp³-hybridized carbons (Fsp3) is 0.517. The Balaban J connectivity index is 1.08. The maximum absolute atomic E-state index is 13.4. The van der Waals surface area contributed by atoms with Gasteiger partial charge in [-0.3, -0.25) is 19.3 Å². The van der Waals surface area contributed by atoms with Crippen LogP contribution in [0.3, 0.4) is 0 Å². The van der Waals surface area contributed by atoms with Crippen LogP contribution in [-0.4, -0.2) is 80.9 Å². The molecule has 3 aromatic rings. The van der Waals surface area contributed by atoms with E-state index in [0.29, 0.717) is 31.9 Å². The zero-order valence-corrected chi connectivity index (χ0v) is 22.1. The van der Waals surface area contributed by atoms with Crippen molar-refractivity contribution in [3.8, 4) is 5.75 Å². The Morgan fingerprint density at radius 3 is 2.63 bits per heavy atom. The van der Waals surface area contributed by atoms with Crippen molar-refractivity contribution >= 4 is 22.7 Å². The van der Waals surface area contributed by atoms with E-state index in [1.54, 1.807) is 10.9 Å². The van der Waals surface area contributed by atoms with Crippen LogP contribution in [0.4, 0.5) is 0 Å². The third kappa shape index (κ3) is 4.99. The van der Waals surface area contributed by atoms with Crippen molar-refractivity contribution in [2.24, 2.45) is 0 Å². The Labute approximate surface area is 222 Å². The highest BCUT2D eigenvalue weighted by Gasteiger charge is 2.33. The average Bonchev–Trinajstić information content (AvgIpc) is 3.52. The van der Waals surface area contributed by atoms with Crippen LogP contribution in [0.1, 0.15) is 54.9 Å². The van der Waals surface area contributed by atoms with Gasteiger partial charge in [0.2, 0.25) is 5.91 Å². The quantitative estimate of drug-likeness (QED) is 0.516. The molecule has 9 nitrogen and oxygen atoms in total. The number of aromatic nitrogens is 3. The van der Waals surface area contributed by atoms with E-state index in [9.17, 15) is 9.59 Å². The molecule has 2 aromatic heterocycles. The molecule has 3 aliphatic rings. The summed E-state index contributed by atoms with van der Waals surface area (Å²) in [5, 5.41) is 5.75. The number of ether oxygens (including phenoxy) is 2. The second-order valence-electron chi connectivity index (χ2n) is 10.8. The summed E-state index contributed by atoms with van der Waals surface area (Å²) in [6.45, 7) is 6.59. The molecule has 1 aromatic carbocycles. The standard InChI is InChI=1S/C29H35N5O4/c1-19-16-33(17-20(2)37-19)29(36)28-24-6-3-7-26(24)34(31-28)18-27(35)32-13-10-22(11-14-32)38-23-8-9-25-21(15-23)5-4-12-30-25/h4-5,8-9,12,15,19-20,22H,3,6-7,10-11,13-14,16-18H2,1-2H3/t19-,20+. The molecule has 2 atom stereocenters. The second-order valence-corrected chi connectivity index (χ2v) is 10.8. The summed E-state index contributed by atoms with van der Waals surface area (Å²) in [6.07, 6.45) is 6.13. The molecule has 0 N–H and O–H groups in total. The number of carbonyl (C=O) groups excluding carboxylic acids is 2. The van der Waals surface area contributed by atoms with Gasteiger partial charge in [0.05, 0.1) is 17.7 Å². The summed E-state index contributed by atoms with van der Waals surface area (Å²) in [5.41, 5.74) is 3.53. The minimum Gasteiger partial charge on any atom is -0.490 e. The molecule has 2 saturated heterocycles. The van der Waals surface area contributed by atoms with E-state index in [1.165, 1.54) is 0 Å². The summed E-state index contributed by atoms with van der Waals surface area (Å²) in [6, 6.07) is 9.92. The Hall–Kier alpha value is -3.46. The van der Waals surface area contributed by atoms with E-state index in [4.69, 9.17) is 14.6 Å². The van der Waals surface area contributed by atoms with E-state index in [2.05, 4.69) is 4.98 Å². The van der Waals surface area contributed by atoms with E-state index < -0.39 is 0 Å². The van der Waals surface area contributed by atoms with Gasteiger partial charge in [0, 0.05) is 61.9 Å². The monoisotopic (exact) mass is 517 g/mol. The Morgan fingerprint density at radius 2 is 1.84 bits per heavy atom. The number of likely N-dealkylation sites (tertiary alicyclic amines) is 1. The van der Waals surface area contributed by atoms with Crippen molar-refractivity contribution < 1.29 is 19.1 Å². The zero-order chi connectivity index (χ0) is 26.2. The number of hydrogen-bond donors (Lipinski definition) is 0. The largest absolute Gasteiger partial charge is 0.490 e. The van der Waals surface area contributed by atoms with Crippen LogP contribution in [0, 0.1) is 0 Å². The summed E-state index contributed by atoms with van der Waals surface area (Å²) in [5.74, 6) is 0.840. The molecule has 6 rings (SSSR count). The molecule has 0 unspecified atom stereocenters. The first-order valence-electron chi connectivity index (χ1n) is 13.8. The van der Waals surface area contributed by atoms with Gasteiger partial charge >= 0.3 is 0 Å². The van der Waals surface area contributed by atoms with Crippen molar-refractivity contribution in [2.45, 2.75) is 70.8 Å². The summed E-state index contributed by atoms with van der Waals surface area (Å²) in [4.78, 5) is 34.8. The van der Waals surface area contributed by atoms with Crippen LogP contribution in [0.25, 0.3) is 10.9 Å². The van der Waals surface area contributed by atoms with E-state index in [1.807, 2.05) is 54.0 Å². The van der Waals surface area contributed by atoms with Gasteiger partial charge < -0.3 is 19.3 Å². The molecule has 200 valence electrons. The molecule has 1 aliphatic carbocycles. The molecule has 0 saturated carbocycles. The lowest BCUT2D eigenvalue weighted by Gasteiger charge is -2.35. The van der Waals surface area contributed by atoms with Crippen LogP contribution in [-0.2, 0) is 28.9 Å². The number of pyridine rings is 1. The SMILES string of the molecule is C[C@@H]1CN(C(=O)c2nn(CC(=O)N3CCC(Oc4ccc5ncccc5c4)CC3)c3c2CCC3)C[C@H](C)O1. The summed E-state index contributed by atoms with van der Waals surface area (Å²) >= 11 is 0. The third-order valence-corrected chi connectivity index (χ3v) is 7.87. The van der Waals surface area contributed by atoms with Crippen molar-refractivity contribution in [3.05, 3.63) is 53.5 Å². The number of hydrogen-bond acceptors (Lipinski definition) is 6. The van der Waals surface area contributed by atoms with Gasteiger partial charge in [0.15, 0.2) is 5.69 Å². The van der Waals surface area contributed by atoms with Gasteiger partial charge in [-0.15, -0.1) is 0 Å². The van der Waals surface area contributed by atoms with E-state index in [0.717, 1.165) is 60.0 Å². The second kappa shape index (κ2) is 10.4. The highest BCUT2D eigenvalue weighted by Crippen LogP contribution is 2.28. The molecule has 2 amide bonds. The minimum atomic E-state index is -0.0428. The van der Waals surface area contributed by atoms with Gasteiger partial charge in [0.1, 0.15) is 18.4 Å². The smallest absolute Gasteiger partial charge is 0.274 e. The molecule has 4 heterocycles. The fourth-order valence-electron chi connectivity index (χ4n) is 6.08. The van der Waals surface area contributed by atoms with Crippen LogP contribution < -0.4 is 4.74 Å². The number of morpholine rings is 1. The summed E-state index contributed by atoms with van der Waals surface area (Å²) < 4.78 is 13.8. The third-order valence-electron chi connectivity index (χ3n) is 7.87. The molecule has 2 fully saturated rings. The van der Waals surface area contributed by atoms with Crippen LogP contribution in [0.15, 0.2) is 36.5 Å². The zero-order valence-electron chi connectivity index (χ0n) is 22.1. The first-order chi connectivity index (χ1) is 18.4. The van der Waals surface area contributed by atoms with Crippen LogP contribution >= 0.6 is 0 Å². The Bertz CT molecular complexity index is 1340. The predicted molar refractivity (Wildman–Crippen MR) is 142 cm³/mol. The van der Waals surface area contributed by atoms with E-state index >= 15 is 0 Å². The molecule has 2 aliphatic heterocycles. The number of benzene rings is 1. The van der Waals surface area contributed by atoms with Crippen molar-refractivity contribution in [2.75, 3.05) is 26.2 Å². The number of amides is 2. The molecule has 38 heavy (non-hydrogen) atoms. The molecule has 0 radical (unpaired) electrons. The molecule has 0 spiro atoms. The maximum Gasteiger partial charge on any atom is 0.274 e. The number of fused-ring (bicyclic) bond motifs is 2. The van der Waals surface area contributed by atoms with Crippen molar-refractivity contribution in [3.63, 3.8) is 0 Å². The van der Waals surface area contributed by atoms with Gasteiger partial charge in [-0.05, 0) is 57.4 Å². The van der Waals surface area contributed by atoms with Crippen LogP contribution in [0.2, 0.25) is 0 Å². The lowest BCUT2D eigenvalue weighted by Crippen LogP contribution is -2.48. The normalized spacial score (nSPS) is 22.1. The van der Waals surface area contributed by atoms with Gasteiger partial charge in [0.25, 0.3) is 5.91 Å². The minimum absolute atomic E-state index is 0.00423. The predicted octanol–water partition coefficient (Wildman–Crippen LogP) is 3.24. The molecular formula is C29H35N5O4. The topological polar surface area (TPSA) is 89.8 Å². The Morgan fingerprint density at radius 1 is 1.05 bits per heavy atom. The van der Waals surface area contributed by atoms with Gasteiger partial charge in [-0.25, -0.2) is 0 Å². The molecule has 0 bridgehead atoms. The number of rotatable bonds is 5. The number of piperidine rings is 1. The van der Waals surface area contributed by atoms with E-state index in [-0.39, 0.29) is 36.7 Å². The lowest BCUT2D eigenvalue weighted by atomic mass is 10.1. The summed E-state index contributed by atoms with van der Waals surface area (Å²) in [7, 11) is 0. The first kappa shape index (κ1) is 24.9. The maximum atomic E-state index is 13.4. The first-order valence-corrected chi connectivity index (χ1v) is 13.8. The van der Waals surface area contributed by atoms with Gasteiger partial charge in [-0.2, -0.15) is 5.10 Å². The Kier molecular flexibility index (Phi) is 6.78. The average molecular weight is 518 g/mol. The van der Waals surface area contributed by atoms with Crippen LogP contribution in [0.5, 0.6) is 5.75 Å². The number of carbonyl (C=O) groups is 2. The highest BCUT2D eigenvalue weighted by atomic mass is 16.5. The molecule has 9 heteroatoms. The fourth-order valence-corrected chi connectivity index (χ4v) is 6.08. The lowest BCUT2D eigenvalue weighted by molar-refractivity contribution is -0.133. The molecular weight excluding hydrogens is 482 g/mol. The number of nitrogens with zero attached hydrogens (tertiary/aromatic N) is 5. The van der Waals surface area contributed by atoms with Crippen molar-refractivity contribution in [1.82, 2.24) is 24.6 Å². The van der Waals surface area contributed by atoms with Gasteiger partial charge in [-0.1, -0.05) is 6.07 Å². The van der Waals surface area contributed by atoms with Crippen molar-refractivity contribution in [1.29, 1.82) is 0 Å².